The Labute approximate surface area is 287 Å². The molecule has 290 valence electrons. The van der Waals surface area contributed by atoms with Gasteiger partial charge in [0.1, 0.15) is 0 Å². The summed E-state index contributed by atoms with van der Waals surface area (Å²) in [6, 6.07) is 0. The van der Waals surface area contributed by atoms with Crippen LogP contribution in [0.4, 0.5) is 0 Å². The second-order valence-corrected chi connectivity index (χ2v) is 11.0. The van der Waals surface area contributed by atoms with Crippen molar-refractivity contribution in [2.24, 2.45) is 0 Å². The van der Waals surface area contributed by atoms with Crippen molar-refractivity contribution >= 4 is 10.1 Å². The van der Waals surface area contributed by atoms with Gasteiger partial charge in [0.2, 0.25) is 0 Å². The zero-order valence-electron chi connectivity index (χ0n) is 28.9. The van der Waals surface area contributed by atoms with Crippen LogP contribution in [-0.4, -0.2) is 204 Å². The summed E-state index contributed by atoms with van der Waals surface area (Å²) in [5.41, 5.74) is 0. The van der Waals surface area contributed by atoms with Crippen molar-refractivity contribution in [1.82, 2.24) is 0 Å². The highest BCUT2D eigenvalue weighted by atomic mass is 32.2. The Balaban J connectivity index is 3.06. The first-order valence-electron chi connectivity index (χ1n) is 16.6. The van der Waals surface area contributed by atoms with Crippen LogP contribution in [0.3, 0.4) is 0 Å². The van der Waals surface area contributed by atoms with Gasteiger partial charge < -0.3 is 66.3 Å². The third-order valence-electron chi connectivity index (χ3n) is 5.53. The molecule has 18 heteroatoms. The molecule has 0 radical (unpaired) electrons. The van der Waals surface area contributed by atoms with E-state index in [1.165, 1.54) is 0 Å². The molecule has 0 aromatic heterocycles. The van der Waals surface area contributed by atoms with E-state index in [9.17, 15) is 8.42 Å². The van der Waals surface area contributed by atoms with Crippen LogP contribution in [0, 0.1) is 0 Å². The van der Waals surface area contributed by atoms with Crippen LogP contribution in [-0.2, 0) is 76.4 Å². The molecular formula is C30H62O17S. The Bertz CT molecular complexity index is 705. The molecule has 0 atom stereocenters. The zero-order valence-corrected chi connectivity index (χ0v) is 29.7. The van der Waals surface area contributed by atoms with Gasteiger partial charge in [0.25, 0.3) is 10.1 Å². The van der Waals surface area contributed by atoms with Crippen molar-refractivity contribution < 1.29 is 79.3 Å². The fourth-order valence-electron chi connectivity index (χ4n) is 3.17. The summed E-state index contributed by atoms with van der Waals surface area (Å²) < 4.78 is 105. The molecule has 0 unspecified atom stereocenters. The molecule has 48 heavy (non-hydrogen) atoms. The maximum atomic E-state index is 10.5. The summed E-state index contributed by atoms with van der Waals surface area (Å²) in [5.74, 6) is -0.427. The lowest BCUT2D eigenvalue weighted by Gasteiger charge is -2.09. The first-order chi connectivity index (χ1) is 23.6. The van der Waals surface area contributed by atoms with Crippen molar-refractivity contribution in [3.63, 3.8) is 0 Å². The van der Waals surface area contributed by atoms with Gasteiger partial charge >= 0.3 is 0 Å². The Kier molecular flexibility index (Phi) is 40.2. The van der Waals surface area contributed by atoms with Crippen molar-refractivity contribution in [2.75, 3.05) is 191 Å². The van der Waals surface area contributed by atoms with Gasteiger partial charge in [0.05, 0.1) is 184 Å². The van der Waals surface area contributed by atoms with Crippen molar-refractivity contribution in [3.05, 3.63) is 0 Å². The maximum Gasteiger partial charge on any atom is 0.267 e. The third kappa shape index (κ3) is 45.3. The molecule has 0 spiro atoms. The molecule has 0 saturated heterocycles. The highest BCUT2D eigenvalue weighted by molar-refractivity contribution is 7.85. The van der Waals surface area contributed by atoms with Gasteiger partial charge in [-0.3, -0.25) is 4.55 Å². The molecule has 0 rings (SSSR count). The zero-order chi connectivity index (χ0) is 34.9. The lowest BCUT2D eigenvalue weighted by Crippen LogP contribution is -2.16. The van der Waals surface area contributed by atoms with E-state index in [0.717, 1.165) is 0 Å². The Morgan fingerprint density at radius 3 is 0.583 bits per heavy atom. The van der Waals surface area contributed by atoms with Gasteiger partial charge in [-0.25, -0.2) is 0 Å². The van der Waals surface area contributed by atoms with Crippen LogP contribution >= 0.6 is 0 Å². The summed E-state index contributed by atoms with van der Waals surface area (Å²) in [6.07, 6.45) is 0. The van der Waals surface area contributed by atoms with E-state index in [2.05, 4.69) is 0 Å². The minimum Gasteiger partial charge on any atom is -0.379 e. The molecule has 0 fully saturated rings. The molecular weight excluding hydrogens is 664 g/mol. The molecule has 0 aliphatic rings. The van der Waals surface area contributed by atoms with Gasteiger partial charge in [-0.05, 0) is 6.92 Å². The second kappa shape index (κ2) is 40.8. The molecule has 0 amide bonds. The van der Waals surface area contributed by atoms with E-state index >= 15 is 0 Å². The summed E-state index contributed by atoms with van der Waals surface area (Å²) in [5, 5.41) is 0. The average Bonchev–Trinajstić information content (AvgIpc) is 3.06. The second-order valence-electron chi connectivity index (χ2n) is 9.44. The quantitative estimate of drug-likeness (QED) is 0.0660. The fraction of sp³-hybridized carbons (Fsp3) is 1.00. The van der Waals surface area contributed by atoms with E-state index in [1.807, 2.05) is 6.92 Å². The van der Waals surface area contributed by atoms with Crippen LogP contribution in [0.25, 0.3) is 0 Å². The predicted molar refractivity (Wildman–Crippen MR) is 174 cm³/mol. The maximum absolute atomic E-state index is 10.5. The molecule has 0 saturated carbocycles. The minimum absolute atomic E-state index is 0.0694. The highest BCUT2D eigenvalue weighted by Crippen LogP contribution is 1.88. The molecule has 1 N–H and O–H groups in total. The Hall–Kier alpha value is -0.650. The largest absolute Gasteiger partial charge is 0.379 e. The third-order valence-corrected chi connectivity index (χ3v) is 6.21. The minimum atomic E-state index is -3.99. The van der Waals surface area contributed by atoms with Crippen LogP contribution in [0.15, 0.2) is 0 Å². The van der Waals surface area contributed by atoms with Gasteiger partial charge in [-0.15, -0.1) is 0 Å². The lowest BCUT2D eigenvalue weighted by atomic mass is 10.6. The fourth-order valence-corrected chi connectivity index (χ4v) is 3.50. The van der Waals surface area contributed by atoms with Gasteiger partial charge in [0.15, 0.2) is 0 Å². The molecule has 0 aliphatic carbocycles. The SMILES string of the molecule is CCOCCOCCOCCOCCOCCOCCOCCOCCOCCOCCOCCOCCOCCOCCS(=O)(=O)O. The van der Waals surface area contributed by atoms with E-state index in [0.29, 0.717) is 172 Å². The monoisotopic (exact) mass is 726 g/mol. The van der Waals surface area contributed by atoms with Gasteiger partial charge in [-0.1, -0.05) is 0 Å². The summed E-state index contributed by atoms with van der Waals surface area (Å²) in [6.45, 7) is 15.0. The van der Waals surface area contributed by atoms with E-state index in [1.54, 1.807) is 0 Å². The van der Waals surface area contributed by atoms with Crippen molar-refractivity contribution in [3.8, 4) is 0 Å². The molecule has 0 aromatic carbocycles. The smallest absolute Gasteiger partial charge is 0.267 e. The van der Waals surface area contributed by atoms with Gasteiger partial charge in [0, 0.05) is 6.61 Å². The van der Waals surface area contributed by atoms with E-state index in [-0.39, 0.29) is 13.2 Å². The van der Waals surface area contributed by atoms with Crippen molar-refractivity contribution in [2.45, 2.75) is 6.92 Å². The lowest BCUT2D eigenvalue weighted by molar-refractivity contribution is -0.0294. The average molecular weight is 727 g/mol. The number of rotatable bonds is 43. The Morgan fingerprint density at radius 2 is 0.438 bits per heavy atom. The molecule has 0 aromatic rings. The number of hydrogen-bond donors (Lipinski definition) is 1. The molecule has 0 bridgehead atoms. The topological polar surface area (TPSA) is 184 Å². The van der Waals surface area contributed by atoms with Crippen LogP contribution in [0.5, 0.6) is 0 Å². The normalized spacial score (nSPS) is 12.0. The number of ether oxygens (including phenoxy) is 14. The standard InChI is InChI=1S/C30H62O17S/c1-2-34-3-4-35-5-6-36-7-8-37-9-10-38-11-12-39-13-14-40-15-16-41-17-18-42-19-20-43-21-22-44-23-24-45-25-26-46-27-28-47-29-30-48(31,32)33/h2-30H2,1H3,(H,31,32,33). The number of hydrogen-bond acceptors (Lipinski definition) is 16. The summed E-state index contributed by atoms with van der Waals surface area (Å²) in [7, 11) is -3.99. The molecule has 0 aliphatic heterocycles. The first-order valence-corrected chi connectivity index (χ1v) is 18.2. The molecule has 0 heterocycles. The predicted octanol–water partition coefficient (Wildman–Crippen LogP) is 0.127. The van der Waals surface area contributed by atoms with Crippen LogP contribution < -0.4 is 0 Å². The van der Waals surface area contributed by atoms with Crippen LogP contribution in [0.1, 0.15) is 6.92 Å². The molecule has 17 nitrogen and oxygen atoms in total. The van der Waals surface area contributed by atoms with Crippen LogP contribution in [0.2, 0.25) is 0 Å². The Morgan fingerprint density at radius 1 is 0.292 bits per heavy atom. The van der Waals surface area contributed by atoms with Crippen molar-refractivity contribution in [1.29, 1.82) is 0 Å². The first kappa shape index (κ1) is 47.4. The highest BCUT2D eigenvalue weighted by Gasteiger charge is 2.03. The summed E-state index contributed by atoms with van der Waals surface area (Å²) >= 11 is 0. The summed E-state index contributed by atoms with van der Waals surface area (Å²) in [4.78, 5) is 0. The van der Waals surface area contributed by atoms with E-state index in [4.69, 9.17) is 70.9 Å². The van der Waals surface area contributed by atoms with Gasteiger partial charge in [-0.2, -0.15) is 8.42 Å². The van der Waals surface area contributed by atoms with E-state index < -0.39 is 15.9 Å².